The number of amides is 1. The van der Waals surface area contributed by atoms with Gasteiger partial charge in [-0.15, -0.1) is 0 Å². The standard InChI is InChI=1S/C12H16N2O2/c1-3-12(16)7-14(8-12)11(15)10-5-4-9(2)13-6-10/h4-6,16H,3,7-8H2,1-2H3. The fraction of sp³-hybridized carbons (Fsp3) is 0.500. The average molecular weight is 220 g/mol. The Kier molecular flexibility index (Phi) is 2.68. The Bertz CT molecular complexity index is 394. The minimum absolute atomic E-state index is 0.0503. The van der Waals surface area contributed by atoms with Gasteiger partial charge in [-0.3, -0.25) is 9.78 Å². The number of hydrogen-bond donors (Lipinski definition) is 1. The number of pyridine rings is 1. The molecule has 0 radical (unpaired) electrons. The van der Waals surface area contributed by atoms with Crippen molar-refractivity contribution < 1.29 is 9.90 Å². The molecule has 1 amide bonds. The van der Waals surface area contributed by atoms with Gasteiger partial charge >= 0.3 is 0 Å². The lowest BCUT2D eigenvalue weighted by molar-refractivity contribution is -0.0826. The number of rotatable bonds is 2. The molecule has 1 aliphatic rings. The normalized spacial score (nSPS) is 18.1. The first kappa shape index (κ1) is 11.1. The van der Waals surface area contributed by atoms with Crippen LogP contribution in [0.4, 0.5) is 0 Å². The van der Waals surface area contributed by atoms with Crippen LogP contribution in [0.3, 0.4) is 0 Å². The van der Waals surface area contributed by atoms with Crippen LogP contribution < -0.4 is 0 Å². The molecular weight excluding hydrogens is 204 g/mol. The van der Waals surface area contributed by atoms with Crippen LogP contribution in [-0.2, 0) is 0 Å². The van der Waals surface area contributed by atoms with Crippen molar-refractivity contribution in [2.24, 2.45) is 0 Å². The summed E-state index contributed by atoms with van der Waals surface area (Å²) in [5, 5.41) is 9.82. The van der Waals surface area contributed by atoms with Gasteiger partial charge in [0, 0.05) is 11.9 Å². The SMILES string of the molecule is CCC1(O)CN(C(=O)c2ccc(C)nc2)C1. The van der Waals surface area contributed by atoms with Gasteiger partial charge < -0.3 is 10.0 Å². The molecule has 0 atom stereocenters. The van der Waals surface area contributed by atoms with E-state index in [2.05, 4.69) is 4.98 Å². The number of aryl methyl sites for hydroxylation is 1. The fourth-order valence-electron chi connectivity index (χ4n) is 1.81. The minimum atomic E-state index is -0.673. The topological polar surface area (TPSA) is 53.4 Å². The Morgan fingerprint density at radius 1 is 1.56 bits per heavy atom. The first-order valence-corrected chi connectivity index (χ1v) is 5.48. The van der Waals surface area contributed by atoms with E-state index < -0.39 is 5.60 Å². The zero-order valence-electron chi connectivity index (χ0n) is 9.60. The predicted molar refractivity (Wildman–Crippen MR) is 60.1 cm³/mol. The van der Waals surface area contributed by atoms with Gasteiger partial charge in [0.25, 0.3) is 5.91 Å². The van der Waals surface area contributed by atoms with E-state index in [4.69, 9.17) is 0 Å². The van der Waals surface area contributed by atoms with Gasteiger partial charge in [-0.1, -0.05) is 6.92 Å². The number of nitrogens with zero attached hydrogens (tertiary/aromatic N) is 2. The van der Waals surface area contributed by atoms with Gasteiger partial charge in [0.05, 0.1) is 24.3 Å². The monoisotopic (exact) mass is 220 g/mol. The van der Waals surface area contributed by atoms with Crippen molar-refractivity contribution >= 4 is 5.91 Å². The highest BCUT2D eigenvalue weighted by Gasteiger charge is 2.42. The summed E-state index contributed by atoms with van der Waals surface area (Å²) in [6, 6.07) is 3.59. The largest absolute Gasteiger partial charge is 0.386 e. The van der Waals surface area contributed by atoms with E-state index >= 15 is 0 Å². The predicted octanol–water partition coefficient (Wildman–Crippen LogP) is 0.987. The highest BCUT2D eigenvalue weighted by molar-refractivity contribution is 5.94. The van der Waals surface area contributed by atoms with Crippen LogP contribution in [0.5, 0.6) is 0 Å². The molecule has 0 bridgehead atoms. The second kappa shape index (κ2) is 3.87. The van der Waals surface area contributed by atoms with Crippen LogP contribution in [0, 0.1) is 6.92 Å². The molecule has 4 heteroatoms. The summed E-state index contributed by atoms with van der Waals surface area (Å²) in [6.07, 6.45) is 2.27. The molecule has 0 spiro atoms. The summed E-state index contributed by atoms with van der Waals surface area (Å²) in [7, 11) is 0. The summed E-state index contributed by atoms with van der Waals surface area (Å²) in [4.78, 5) is 17.7. The minimum Gasteiger partial charge on any atom is -0.386 e. The summed E-state index contributed by atoms with van der Waals surface area (Å²) >= 11 is 0. The van der Waals surface area contributed by atoms with Crippen LogP contribution >= 0.6 is 0 Å². The molecule has 1 N–H and O–H groups in total. The summed E-state index contributed by atoms with van der Waals surface area (Å²) < 4.78 is 0. The maximum atomic E-state index is 11.9. The van der Waals surface area contributed by atoms with E-state index in [1.54, 1.807) is 17.2 Å². The summed E-state index contributed by atoms with van der Waals surface area (Å²) in [5.74, 6) is -0.0503. The Morgan fingerprint density at radius 3 is 2.75 bits per heavy atom. The molecule has 1 fully saturated rings. The van der Waals surface area contributed by atoms with E-state index in [9.17, 15) is 9.90 Å². The number of carbonyl (C=O) groups excluding carboxylic acids is 1. The lowest BCUT2D eigenvalue weighted by Crippen LogP contribution is -2.63. The number of aliphatic hydroxyl groups is 1. The average Bonchev–Trinajstić information content (AvgIpc) is 2.25. The molecule has 1 aromatic rings. The van der Waals surface area contributed by atoms with Gasteiger partial charge in [0.1, 0.15) is 0 Å². The zero-order valence-corrected chi connectivity index (χ0v) is 9.60. The smallest absolute Gasteiger partial charge is 0.255 e. The van der Waals surface area contributed by atoms with Gasteiger partial charge in [0.2, 0.25) is 0 Å². The van der Waals surface area contributed by atoms with Crippen molar-refractivity contribution in [1.82, 2.24) is 9.88 Å². The fourth-order valence-corrected chi connectivity index (χ4v) is 1.81. The molecule has 16 heavy (non-hydrogen) atoms. The first-order valence-electron chi connectivity index (χ1n) is 5.48. The van der Waals surface area contributed by atoms with Crippen molar-refractivity contribution in [3.63, 3.8) is 0 Å². The van der Waals surface area contributed by atoms with Gasteiger partial charge in [-0.25, -0.2) is 0 Å². The third-order valence-electron chi connectivity index (χ3n) is 3.07. The summed E-state index contributed by atoms with van der Waals surface area (Å²) in [5.41, 5.74) is 0.808. The molecule has 0 aliphatic carbocycles. The number of aromatic nitrogens is 1. The molecule has 1 saturated heterocycles. The number of carbonyl (C=O) groups is 1. The highest BCUT2D eigenvalue weighted by atomic mass is 16.3. The van der Waals surface area contributed by atoms with Crippen LogP contribution in [0.15, 0.2) is 18.3 Å². The zero-order chi connectivity index (χ0) is 11.8. The van der Waals surface area contributed by atoms with Crippen molar-refractivity contribution in [3.8, 4) is 0 Å². The molecule has 4 nitrogen and oxygen atoms in total. The van der Waals surface area contributed by atoms with Gasteiger partial charge in [-0.2, -0.15) is 0 Å². The lowest BCUT2D eigenvalue weighted by atomic mass is 9.91. The highest BCUT2D eigenvalue weighted by Crippen LogP contribution is 2.25. The number of β-amino-alcohol motifs (C(OH)–C–C–N with tert-alkyl or cyclic N) is 1. The Balaban J connectivity index is 2.03. The van der Waals surface area contributed by atoms with E-state index in [-0.39, 0.29) is 5.91 Å². The second-order valence-corrected chi connectivity index (χ2v) is 4.43. The van der Waals surface area contributed by atoms with Gasteiger partial charge in [-0.05, 0) is 25.5 Å². The molecule has 1 aromatic heterocycles. The van der Waals surface area contributed by atoms with Crippen molar-refractivity contribution in [2.75, 3.05) is 13.1 Å². The molecular formula is C12H16N2O2. The van der Waals surface area contributed by atoms with Crippen LogP contribution in [0.2, 0.25) is 0 Å². The van der Waals surface area contributed by atoms with Crippen molar-refractivity contribution in [1.29, 1.82) is 0 Å². The molecule has 86 valence electrons. The third kappa shape index (κ3) is 1.93. The molecule has 2 rings (SSSR count). The Labute approximate surface area is 94.9 Å². The van der Waals surface area contributed by atoms with E-state index in [0.29, 0.717) is 25.1 Å². The number of likely N-dealkylation sites (tertiary alicyclic amines) is 1. The maximum absolute atomic E-state index is 11.9. The Hall–Kier alpha value is -1.42. The Morgan fingerprint density at radius 2 is 2.25 bits per heavy atom. The third-order valence-corrected chi connectivity index (χ3v) is 3.07. The maximum Gasteiger partial charge on any atom is 0.255 e. The van der Waals surface area contributed by atoms with Gasteiger partial charge in [0.15, 0.2) is 0 Å². The van der Waals surface area contributed by atoms with E-state index in [0.717, 1.165) is 5.69 Å². The van der Waals surface area contributed by atoms with Crippen LogP contribution in [0.25, 0.3) is 0 Å². The van der Waals surface area contributed by atoms with Crippen molar-refractivity contribution in [3.05, 3.63) is 29.6 Å². The summed E-state index contributed by atoms with van der Waals surface area (Å²) in [6.45, 7) is 4.66. The molecule has 0 aromatic carbocycles. The van der Waals surface area contributed by atoms with Crippen LogP contribution in [0.1, 0.15) is 29.4 Å². The van der Waals surface area contributed by atoms with E-state index in [1.807, 2.05) is 19.9 Å². The molecule has 1 aliphatic heterocycles. The quantitative estimate of drug-likeness (QED) is 0.808. The lowest BCUT2D eigenvalue weighted by Gasteiger charge is -2.46. The molecule has 0 saturated carbocycles. The molecule has 0 unspecified atom stereocenters. The van der Waals surface area contributed by atoms with E-state index in [1.165, 1.54) is 0 Å². The van der Waals surface area contributed by atoms with Crippen molar-refractivity contribution in [2.45, 2.75) is 25.9 Å². The second-order valence-electron chi connectivity index (χ2n) is 4.43. The first-order chi connectivity index (χ1) is 7.54. The number of hydrogen-bond acceptors (Lipinski definition) is 3. The molecule has 2 heterocycles. The van der Waals surface area contributed by atoms with Crippen LogP contribution in [-0.4, -0.2) is 39.6 Å².